The smallest absolute Gasteiger partial charge is 0.261 e. The van der Waals surface area contributed by atoms with Gasteiger partial charge in [0, 0.05) is 26.2 Å². The number of nitrogens with one attached hydrogen (secondary N) is 1. The standard InChI is InChI=1S/C23H26ClFN4O4/c1-23(12-30)6-3-8-29(23)21-17-20(33-11-13-10-26-7-9-28(13)22(17)32)18(24)19(27-21)16-14(25)4-2-5-15(16)31/h2,4-5,13,26,30-31H,3,6-12H2,1H3/t13-,23-/m1/s1. The molecule has 0 radical (unpaired) electrons. The molecule has 4 heterocycles. The monoisotopic (exact) mass is 476 g/mol. The number of aliphatic hydroxyl groups excluding tert-OH is 1. The van der Waals surface area contributed by atoms with Gasteiger partial charge < -0.3 is 30.1 Å². The van der Waals surface area contributed by atoms with E-state index in [0.717, 1.165) is 6.42 Å². The summed E-state index contributed by atoms with van der Waals surface area (Å²) >= 11 is 6.70. The number of fused-ring (bicyclic) bond motifs is 2. The predicted octanol–water partition coefficient (Wildman–Crippen LogP) is 2.40. The number of carbonyl (C=O) groups is 1. The zero-order chi connectivity index (χ0) is 23.3. The number of hydrogen-bond acceptors (Lipinski definition) is 7. The van der Waals surface area contributed by atoms with Gasteiger partial charge in [-0.1, -0.05) is 17.7 Å². The normalized spacial score (nSPS) is 24.8. The second-order valence-electron chi connectivity index (χ2n) is 9.01. The van der Waals surface area contributed by atoms with Gasteiger partial charge in [-0.3, -0.25) is 4.79 Å². The molecule has 5 rings (SSSR count). The number of aliphatic hydroxyl groups is 1. The number of hydrogen-bond donors (Lipinski definition) is 3. The zero-order valence-electron chi connectivity index (χ0n) is 18.3. The van der Waals surface area contributed by atoms with Crippen molar-refractivity contribution >= 4 is 23.3 Å². The van der Waals surface area contributed by atoms with Crippen molar-refractivity contribution in [1.29, 1.82) is 0 Å². The second-order valence-corrected chi connectivity index (χ2v) is 9.39. The van der Waals surface area contributed by atoms with E-state index in [-0.39, 0.29) is 64.3 Å². The Labute approximate surface area is 195 Å². The number of carbonyl (C=O) groups excluding carboxylic acids is 1. The van der Waals surface area contributed by atoms with Crippen LogP contribution >= 0.6 is 11.6 Å². The molecule has 0 aliphatic carbocycles. The molecule has 8 nitrogen and oxygen atoms in total. The van der Waals surface area contributed by atoms with Crippen LogP contribution in [0, 0.1) is 5.82 Å². The minimum Gasteiger partial charge on any atom is -0.507 e. The van der Waals surface area contributed by atoms with E-state index in [1.807, 2.05) is 11.8 Å². The fourth-order valence-electron chi connectivity index (χ4n) is 5.02. The number of benzene rings is 1. The van der Waals surface area contributed by atoms with Crippen molar-refractivity contribution in [1.82, 2.24) is 15.2 Å². The number of anilines is 1. The fourth-order valence-corrected chi connectivity index (χ4v) is 5.30. The maximum Gasteiger partial charge on any atom is 0.261 e. The first kappa shape index (κ1) is 22.2. The number of phenolic OH excluding ortho intramolecular Hbond substituents is 1. The number of piperazine rings is 1. The minimum atomic E-state index is -0.691. The Hall–Kier alpha value is -2.62. The largest absolute Gasteiger partial charge is 0.507 e. The predicted molar refractivity (Wildman–Crippen MR) is 122 cm³/mol. The SMILES string of the molecule is C[C@]1(CO)CCCN1c1nc(-c2c(O)cccc2F)c(Cl)c2c1C(=O)N1CCNC[C@@H]1CO2. The highest BCUT2D eigenvalue weighted by Gasteiger charge is 2.43. The molecule has 3 N–H and O–H groups in total. The summed E-state index contributed by atoms with van der Waals surface area (Å²) in [6, 6.07) is 3.77. The van der Waals surface area contributed by atoms with Gasteiger partial charge in [-0.2, -0.15) is 0 Å². The first-order chi connectivity index (χ1) is 15.9. The van der Waals surface area contributed by atoms with Crippen LogP contribution in [0.3, 0.4) is 0 Å². The molecule has 2 aromatic rings. The van der Waals surface area contributed by atoms with E-state index in [9.17, 15) is 19.4 Å². The molecule has 176 valence electrons. The summed E-state index contributed by atoms with van der Waals surface area (Å²) in [7, 11) is 0. The second kappa shape index (κ2) is 8.30. The highest BCUT2D eigenvalue weighted by molar-refractivity contribution is 6.35. The van der Waals surface area contributed by atoms with Gasteiger partial charge in [0.05, 0.1) is 23.8 Å². The number of halogens is 2. The molecule has 33 heavy (non-hydrogen) atoms. The van der Waals surface area contributed by atoms with E-state index in [1.54, 1.807) is 4.90 Å². The van der Waals surface area contributed by atoms with Gasteiger partial charge in [-0.15, -0.1) is 0 Å². The molecule has 0 bridgehead atoms. The Bertz CT molecular complexity index is 1100. The molecule has 2 atom stereocenters. The van der Waals surface area contributed by atoms with E-state index in [1.165, 1.54) is 18.2 Å². The summed E-state index contributed by atoms with van der Waals surface area (Å²) in [6.07, 6.45) is 1.50. The van der Waals surface area contributed by atoms with Crippen molar-refractivity contribution in [3.63, 3.8) is 0 Å². The van der Waals surface area contributed by atoms with Crippen molar-refractivity contribution in [3.8, 4) is 22.8 Å². The number of pyridine rings is 1. The number of ether oxygens (including phenoxy) is 1. The molecule has 0 saturated carbocycles. The van der Waals surface area contributed by atoms with Gasteiger partial charge in [0.15, 0.2) is 5.75 Å². The molecule has 3 aliphatic rings. The quantitative estimate of drug-likeness (QED) is 0.625. The summed E-state index contributed by atoms with van der Waals surface area (Å²) in [5.41, 5.74) is -0.598. The topological polar surface area (TPSA) is 98.2 Å². The Balaban J connectivity index is 1.78. The lowest BCUT2D eigenvalue weighted by Gasteiger charge is -2.37. The van der Waals surface area contributed by atoms with E-state index >= 15 is 0 Å². The third kappa shape index (κ3) is 3.50. The summed E-state index contributed by atoms with van der Waals surface area (Å²) in [5, 5.41) is 23.8. The number of phenols is 1. The number of aromatic hydroxyl groups is 1. The lowest BCUT2D eigenvalue weighted by atomic mass is 9.99. The fraction of sp³-hybridized carbons (Fsp3) is 0.478. The molecule has 0 unspecified atom stereocenters. The average Bonchev–Trinajstić information content (AvgIpc) is 3.13. The number of amides is 1. The van der Waals surface area contributed by atoms with Crippen LogP contribution in [0.15, 0.2) is 18.2 Å². The molecule has 10 heteroatoms. The molecule has 0 spiro atoms. The van der Waals surface area contributed by atoms with Crippen molar-refractivity contribution in [2.24, 2.45) is 0 Å². The maximum atomic E-state index is 14.8. The highest BCUT2D eigenvalue weighted by Crippen LogP contribution is 2.47. The van der Waals surface area contributed by atoms with Crippen LogP contribution in [0.25, 0.3) is 11.3 Å². The number of rotatable bonds is 3. The number of aromatic nitrogens is 1. The van der Waals surface area contributed by atoms with Crippen LogP contribution in [0.1, 0.15) is 30.1 Å². The molecule has 3 aliphatic heterocycles. The van der Waals surface area contributed by atoms with Gasteiger partial charge in [0.1, 0.15) is 40.3 Å². The third-order valence-corrected chi connectivity index (χ3v) is 7.24. The van der Waals surface area contributed by atoms with Crippen LogP contribution in [0.5, 0.6) is 11.5 Å². The Morgan fingerprint density at radius 2 is 2.18 bits per heavy atom. The molecule has 1 aromatic heterocycles. The highest BCUT2D eigenvalue weighted by atomic mass is 35.5. The average molecular weight is 477 g/mol. The lowest BCUT2D eigenvalue weighted by molar-refractivity contribution is 0.0606. The van der Waals surface area contributed by atoms with Crippen molar-refractivity contribution in [2.75, 3.05) is 44.3 Å². The minimum absolute atomic E-state index is 0.000923. The van der Waals surface area contributed by atoms with Gasteiger partial charge >= 0.3 is 0 Å². The van der Waals surface area contributed by atoms with Gasteiger partial charge in [-0.25, -0.2) is 9.37 Å². The molecule has 1 aromatic carbocycles. The lowest BCUT2D eigenvalue weighted by Crippen LogP contribution is -2.55. The van der Waals surface area contributed by atoms with Crippen molar-refractivity contribution in [3.05, 3.63) is 34.6 Å². The van der Waals surface area contributed by atoms with Crippen molar-refractivity contribution < 1.29 is 24.1 Å². The summed E-state index contributed by atoms with van der Waals surface area (Å²) < 4.78 is 20.9. The van der Waals surface area contributed by atoms with E-state index in [4.69, 9.17) is 16.3 Å². The van der Waals surface area contributed by atoms with Gasteiger partial charge in [0.2, 0.25) is 0 Å². The molecule has 2 saturated heterocycles. The number of nitrogens with zero attached hydrogens (tertiary/aromatic N) is 3. The van der Waals surface area contributed by atoms with Crippen LogP contribution in [0.4, 0.5) is 10.2 Å². The zero-order valence-corrected chi connectivity index (χ0v) is 19.0. The Kier molecular flexibility index (Phi) is 5.58. The maximum absolute atomic E-state index is 14.8. The van der Waals surface area contributed by atoms with Crippen molar-refractivity contribution in [2.45, 2.75) is 31.3 Å². The Morgan fingerprint density at radius 1 is 1.36 bits per heavy atom. The molecule has 2 fully saturated rings. The van der Waals surface area contributed by atoms with Crippen LogP contribution in [-0.2, 0) is 0 Å². The summed E-state index contributed by atoms with van der Waals surface area (Å²) in [5.74, 6) is -0.850. The molecular formula is C23H26ClFN4O4. The van der Waals surface area contributed by atoms with Crippen LogP contribution in [-0.4, -0.2) is 77.0 Å². The molecule has 1 amide bonds. The Morgan fingerprint density at radius 3 is 2.94 bits per heavy atom. The first-order valence-corrected chi connectivity index (χ1v) is 11.5. The summed E-state index contributed by atoms with van der Waals surface area (Å²) in [6.45, 7) is 4.28. The van der Waals surface area contributed by atoms with Crippen LogP contribution in [0.2, 0.25) is 5.02 Å². The van der Waals surface area contributed by atoms with Gasteiger partial charge in [0.25, 0.3) is 5.91 Å². The van der Waals surface area contributed by atoms with E-state index < -0.39 is 11.4 Å². The van der Waals surface area contributed by atoms with Gasteiger partial charge in [-0.05, 0) is 31.9 Å². The summed E-state index contributed by atoms with van der Waals surface area (Å²) in [4.78, 5) is 22.1. The van der Waals surface area contributed by atoms with E-state index in [2.05, 4.69) is 10.3 Å². The van der Waals surface area contributed by atoms with E-state index in [0.29, 0.717) is 32.6 Å². The third-order valence-electron chi connectivity index (χ3n) is 6.89. The molecular weight excluding hydrogens is 451 g/mol. The van der Waals surface area contributed by atoms with Crippen LogP contribution < -0.4 is 15.0 Å². The first-order valence-electron chi connectivity index (χ1n) is 11.1.